The summed E-state index contributed by atoms with van der Waals surface area (Å²) < 4.78 is 5.27. The number of fused-ring (bicyclic) bond motifs is 3. The molecule has 3 aliphatic rings. The van der Waals surface area contributed by atoms with Gasteiger partial charge in [-0.15, -0.1) is 0 Å². The van der Waals surface area contributed by atoms with E-state index in [-0.39, 0.29) is 17.9 Å². The maximum absolute atomic E-state index is 13.5. The predicted molar refractivity (Wildman–Crippen MR) is 110 cm³/mol. The van der Waals surface area contributed by atoms with Crippen LogP contribution >= 0.6 is 11.6 Å². The minimum Gasteiger partial charge on any atom is -0.497 e. The molecule has 3 heterocycles. The van der Waals surface area contributed by atoms with Crippen molar-refractivity contribution in [3.8, 4) is 5.75 Å². The molecule has 0 bridgehead atoms. The molecule has 3 atom stereocenters. The van der Waals surface area contributed by atoms with Gasteiger partial charge < -0.3 is 4.74 Å². The van der Waals surface area contributed by atoms with Crippen molar-refractivity contribution in [3.63, 3.8) is 0 Å². The summed E-state index contributed by atoms with van der Waals surface area (Å²) in [5, 5.41) is 4.84. The highest BCUT2D eigenvalue weighted by atomic mass is 35.5. The molecule has 6 nitrogen and oxygen atoms in total. The van der Waals surface area contributed by atoms with Gasteiger partial charge in [0.15, 0.2) is 0 Å². The monoisotopic (exact) mass is 411 g/mol. The smallest absolute Gasteiger partial charge is 0.253 e. The number of benzene rings is 2. The molecular weight excluding hydrogens is 390 g/mol. The van der Waals surface area contributed by atoms with E-state index in [1.165, 1.54) is 4.90 Å². The molecule has 3 saturated heterocycles. The van der Waals surface area contributed by atoms with Crippen LogP contribution in [0.3, 0.4) is 0 Å². The molecule has 0 aliphatic carbocycles. The Morgan fingerprint density at radius 3 is 2.31 bits per heavy atom. The first-order valence-corrected chi connectivity index (χ1v) is 10.2. The van der Waals surface area contributed by atoms with Crippen LogP contribution in [0.5, 0.6) is 5.75 Å². The van der Waals surface area contributed by atoms with Crippen LogP contribution in [-0.4, -0.2) is 48.1 Å². The van der Waals surface area contributed by atoms with Crippen LogP contribution in [-0.2, 0) is 9.59 Å². The van der Waals surface area contributed by atoms with Crippen LogP contribution in [0.15, 0.2) is 42.5 Å². The number of amides is 2. The fourth-order valence-corrected chi connectivity index (χ4v) is 5.06. The van der Waals surface area contributed by atoms with Gasteiger partial charge in [0, 0.05) is 18.1 Å². The first-order valence-electron chi connectivity index (χ1n) is 9.82. The standard InChI is InChI=1S/C22H22ClN3O3/c1-13-4-7-15(12-17(13)23)26-21(27)18-19(14-5-8-16(29-2)9-6-14)24-10-3-11-25(24)20(18)22(26)28/h4-9,12,18-20H,3,10-11H2,1-2H3/t18-,19+,20+/m0/s1. The molecule has 0 N–H and O–H groups in total. The van der Waals surface area contributed by atoms with Gasteiger partial charge in [0.2, 0.25) is 5.91 Å². The second kappa shape index (κ2) is 6.83. The van der Waals surface area contributed by atoms with Gasteiger partial charge in [-0.2, -0.15) is 0 Å². The minimum absolute atomic E-state index is 0.157. The number of methoxy groups -OCH3 is 1. The third kappa shape index (κ3) is 2.70. The maximum atomic E-state index is 13.5. The van der Waals surface area contributed by atoms with Gasteiger partial charge in [0.1, 0.15) is 11.8 Å². The molecule has 2 amide bonds. The third-order valence-corrected chi connectivity index (χ3v) is 6.68. The molecule has 0 spiro atoms. The zero-order valence-corrected chi connectivity index (χ0v) is 17.1. The number of halogens is 1. The lowest BCUT2D eigenvalue weighted by atomic mass is 9.90. The molecule has 5 rings (SSSR count). The average molecular weight is 412 g/mol. The molecular formula is C22H22ClN3O3. The molecule has 0 radical (unpaired) electrons. The van der Waals surface area contributed by atoms with Crippen molar-refractivity contribution in [2.24, 2.45) is 5.92 Å². The van der Waals surface area contributed by atoms with Crippen LogP contribution in [0.25, 0.3) is 0 Å². The van der Waals surface area contributed by atoms with Gasteiger partial charge in [0.25, 0.3) is 5.91 Å². The number of ether oxygens (including phenoxy) is 1. The van der Waals surface area contributed by atoms with Crippen molar-refractivity contribution >= 4 is 29.1 Å². The number of carbonyl (C=O) groups is 2. The van der Waals surface area contributed by atoms with Crippen LogP contribution < -0.4 is 9.64 Å². The molecule has 3 aliphatic heterocycles. The van der Waals surface area contributed by atoms with E-state index < -0.39 is 12.0 Å². The van der Waals surface area contributed by atoms with Crippen LogP contribution in [0.4, 0.5) is 5.69 Å². The summed E-state index contributed by atoms with van der Waals surface area (Å²) in [4.78, 5) is 28.2. The summed E-state index contributed by atoms with van der Waals surface area (Å²) in [7, 11) is 1.63. The summed E-state index contributed by atoms with van der Waals surface area (Å²) in [6.45, 7) is 3.53. The second-order valence-corrected chi connectivity index (χ2v) is 8.22. The first-order chi connectivity index (χ1) is 14.0. The summed E-state index contributed by atoms with van der Waals surface area (Å²) in [6, 6.07) is 12.5. The molecule has 2 aromatic carbocycles. The molecule has 29 heavy (non-hydrogen) atoms. The number of anilines is 1. The number of hydrazine groups is 1. The van der Waals surface area contributed by atoms with Gasteiger partial charge in [-0.25, -0.2) is 14.9 Å². The lowest BCUT2D eigenvalue weighted by molar-refractivity contribution is -0.126. The number of aryl methyl sites for hydroxylation is 1. The topological polar surface area (TPSA) is 53.1 Å². The Labute approximate surface area is 174 Å². The van der Waals surface area contributed by atoms with Crippen molar-refractivity contribution in [2.75, 3.05) is 25.1 Å². The number of imide groups is 1. The van der Waals surface area contributed by atoms with E-state index in [1.54, 1.807) is 19.2 Å². The highest BCUT2D eigenvalue weighted by Gasteiger charge is 2.62. The fourth-order valence-electron chi connectivity index (χ4n) is 4.89. The quantitative estimate of drug-likeness (QED) is 0.726. The molecule has 0 unspecified atom stereocenters. The Hall–Kier alpha value is -2.41. The number of hydrogen-bond donors (Lipinski definition) is 0. The Morgan fingerprint density at radius 1 is 0.966 bits per heavy atom. The second-order valence-electron chi connectivity index (χ2n) is 7.81. The number of nitrogens with zero attached hydrogens (tertiary/aromatic N) is 3. The Morgan fingerprint density at radius 2 is 1.66 bits per heavy atom. The van der Waals surface area contributed by atoms with Gasteiger partial charge >= 0.3 is 0 Å². The van der Waals surface area contributed by atoms with E-state index >= 15 is 0 Å². The summed E-state index contributed by atoms with van der Waals surface area (Å²) >= 11 is 6.27. The van der Waals surface area contributed by atoms with Gasteiger partial charge in [0.05, 0.1) is 24.8 Å². The zero-order chi connectivity index (χ0) is 20.3. The molecule has 0 saturated carbocycles. The van der Waals surface area contributed by atoms with Crippen molar-refractivity contribution in [2.45, 2.75) is 25.4 Å². The van der Waals surface area contributed by atoms with Gasteiger partial charge in [-0.05, 0) is 48.7 Å². The van der Waals surface area contributed by atoms with E-state index in [4.69, 9.17) is 16.3 Å². The normalized spacial score (nSPS) is 26.9. The Bertz CT molecular complexity index is 993. The van der Waals surface area contributed by atoms with E-state index in [0.717, 1.165) is 36.4 Å². The lowest BCUT2D eigenvalue weighted by Gasteiger charge is -2.30. The molecule has 0 aromatic heterocycles. The third-order valence-electron chi connectivity index (χ3n) is 6.28. The average Bonchev–Trinajstić information content (AvgIpc) is 3.37. The Balaban J connectivity index is 1.56. The van der Waals surface area contributed by atoms with Crippen molar-refractivity contribution in [1.29, 1.82) is 0 Å². The number of rotatable bonds is 3. The van der Waals surface area contributed by atoms with Gasteiger partial charge in [-0.3, -0.25) is 9.59 Å². The highest BCUT2D eigenvalue weighted by molar-refractivity contribution is 6.32. The highest BCUT2D eigenvalue weighted by Crippen LogP contribution is 2.49. The van der Waals surface area contributed by atoms with Crippen LogP contribution in [0, 0.1) is 12.8 Å². The molecule has 3 fully saturated rings. The fraction of sp³-hybridized carbons (Fsp3) is 0.364. The summed E-state index contributed by atoms with van der Waals surface area (Å²) in [5.41, 5.74) is 2.48. The lowest BCUT2D eigenvalue weighted by Crippen LogP contribution is -2.44. The number of carbonyl (C=O) groups excluding carboxylic acids is 2. The van der Waals surface area contributed by atoms with Crippen LogP contribution in [0.1, 0.15) is 23.6 Å². The summed E-state index contributed by atoms with van der Waals surface area (Å²) in [5.74, 6) is 0.0144. The largest absolute Gasteiger partial charge is 0.497 e. The Kier molecular flexibility index (Phi) is 4.38. The molecule has 2 aromatic rings. The summed E-state index contributed by atoms with van der Waals surface area (Å²) in [6.07, 6.45) is 0.980. The van der Waals surface area contributed by atoms with E-state index in [1.807, 2.05) is 37.3 Å². The SMILES string of the molecule is COc1ccc([C@@H]2[C@@H]3C(=O)N(c4ccc(C)c(Cl)c4)C(=O)[C@@H]3N3CCCN23)cc1. The molecule has 150 valence electrons. The van der Waals surface area contributed by atoms with Gasteiger partial charge in [-0.1, -0.05) is 29.8 Å². The van der Waals surface area contributed by atoms with Crippen molar-refractivity contribution in [3.05, 3.63) is 58.6 Å². The first kappa shape index (κ1) is 18.6. The van der Waals surface area contributed by atoms with E-state index in [2.05, 4.69) is 10.0 Å². The van der Waals surface area contributed by atoms with Crippen molar-refractivity contribution in [1.82, 2.24) is 10.0 Å². The minimum atomic E-state index is -0.461. The van der Waals surface area contributed by atoms with E-state index in [0.29, 0.717) is 10.7 Å². The maximum Gasteiger partial charge on any atom is 0.253 e. The van der Waals surface area contributed by atoms with Crippen molar-refractivity contribution < 1.29 is 14.3 Å². The zero-order valence-electron chi connectivity index (χ0n) is 16.3. The predicted octanol–water partition coefficient (Wildman–Crippen LogP) is 3.19. The van der Waals surface area contributed by atoms with E-state index in [9.17, 15) is 9.59 Å². The molecule has 7 heteroatoms. The van der Waals surface area contributed by atoms with Crippen LogP contribution in [0.2, 0.25) is 5.02 Å². The number of hydrogen-bond acceptors (Lipinski definition) is 5.